The van der Waals surface area contributed by atoms with Gasteiger partial charge in [0.1, 0.15) is 11.5 Å². The molecule has 0 unspecified atom stereocenters. The van der Waals surface area contributed by atoms with Gasteiger partial charge in [0.05, 0.1) is 25.8 Å². The number of para-hydroxylation sites is 1. The van der Waals surface area contributed by atoms with Crippen molar-refractivity contribution in [3.05, 3.63) is 71.8 Å². The number of hydrogen-bond acceptors (Lipinski definition) is 3. The Labute approximate surface area is 147 Å². The van der Waals surface area contributed by atoms with Crippen LogP contribution in [0.5, 0.6) is 11.5 Å². The van der Waals surface area contributed by atoms with Crippen LogP contribution in [0.4, 0.5) is 0 Å². The summed E-state index contributed by atoms with van der Waals surface area (Å²) < 4.78 is 10.8. The van der Waals surface area contributed by atoms with E-state index in [1.165, 1.54) is 0 Å². The molecule has 0 spiro atoms. The van der Waals surface area contributed by atoms with Gasteiger partial charge in [-0.2, -0.15) is 0 Å². The Morgan fingerprint density at radius 3 is 2.16 bits per heavy atom. The van der Waals surface area contributed by atoms with Gasteiger partial charge in [-0.3, -0.25) is 4.79 Å². The number of hydrogen-bond donors (Lipinski definition) is 1. The minimum absolute atomic E-state index is 0.180. The summed E-state index contributed by atoms with van der Waals surface area (Å²) >= 11 is 0. The summed E-state index contributed by atoms with van der Waals surface area (Å²) in [5.74, 6) is 1.13. The lowest BCUT2D eigenvalue weighted by Gasteiger charge is -2.18. The maximum absolute atomic E-state index is 12.8. The molecule has 0 aliphatic carbocycles. The summed E-state index contributed by atoms with van der Waals surface area (Å²) in [6, 6.07) is 19.1. The molecule has 0 aliphatic heterocycles. The van der Waals surface area contributed by atoms with Gasteiger partial charge in [0.15, 0.2) is 0 Å². The van der Waals surface area contributed by atoms with Crippen LogP contribution in [0.1, 0.15) is 28.9 Å². The number of rotatable bonds is 5. The monoisotopic (exact) mass is 335 g/mol. The zero-order valence-corrected chi connectivity index (χ0v) is 14.6. The lowest BCUT2D eigenvalue weighted by Crippen LogP contribution is -2.27. The highest BCUT2D eigenvalue weighted by Crippen LogP contribution is 2.28. The topological polar surface area (TPSA) is 47.6 Å². The van der Waals surface area contributed by atoms with Crippen LogP contribution in [-0.2, 0) is 0 Å². The van der Waals surface area contributed by atoms with E-state index in [1.807, 2.05) is 67.6 Å². The molecule has 0 saturated carbocycles. The van der Waals surface area contributed by atoms with E-state index in [-0.39, 0.29) is 11.9 Å². The van der Waals surface area contributed by atoms with Crippen molar-refractivity contribution in [1.29, 1.82) is 0 Å². The molecule has 3 aromatic rings. The largest absolute Gasteiger partial charge is 0.496 e. The zero-order chi connectivity index (χ0) is 17.8. The van der Waals surface area contributed by atoms with Crippen molar-refractivity contribution in [2.75, 3.05) is 14.2 Å². The lowest BCUT2D eigenvalue weighted by molar-refractivity contribution is 0.0936. The summed E-state index contributed by atoms with van der Waals surface area (Å²) in [5, 5.41) is 5.06. The molecule has 1 amide bonds. The van der Waals surface area contributed by atoms with E-state index in [0.717, 1.165) is 22.1 Å². The molecule has 0 heterocycles. The fourth-order valence-corrected chi connectivity index (χ4v) is 2.94. The molecule has 4 heteroatoms. The van der Waals surface area contributed by atoms with Crippen molar-refractivity contribution in [1.82, 2.24) is 5.32 Å². The Morgan fingerprint density at radius 2 is 1.48 bits per heavy atom. The average Bonchev–Trinajstić information content (AvgIpc) is 2.66. The highest BCUT2D eigenvalue weighted by Gasteiger charge is 2.18. The number of fused-ring (bicyclic) bond motifs is 1. The van der Waals surface area contributed by atoms with Gasteiger partial charge in [-0.25, -0.2) is 0 Å². The molecule has 3 aromatic carbocycles. The Bertz CT molecular complexity index is 905. The summed E-state index contributed by atoms with van der Waals surface area (Å²) in [7, 11) is 3.20. The number of amides is 1. The molecule has 0 fully saturated rings. The second kappa shape index (κ2) is 7.26. The third-order valence-electron chi connectivity index (χ3n) is 4.27. The first kappa shape index (κ1) is 16.8. The highest BCUT2D eigenvalue weighted by molar-refractivity contribution is 6.01. The molecule has 0 aliphatic rings. The van der Waals surface area contributed by atoms with Crippen LogP contribution in [0.3, 0.4) is 0 Å². The van der Waals surface area contributed by atoms with Crippen LogP contribution >= 0.6 is 0 Å². The van der Waals surface area contributed by atoms with Gasteiger partial charge in [-0.1, -0.05) is 42.5 Å². The Hall–Kier alpha value is -3.01. The summed E-state index contributed by atoms with van der Waals surface area (Å²) in [4.78, 5) is 12.8. The number of nitrogens with one attached hydrogen (secondary N) is 1. The normalized spacial score (nSPS) is 11.8. The molecule has 0 saturated heterocycles. The first-order valence-corrected chi connectivity index (χ1v) is 8.14. The maximum atomic E-state index is 12.8. The molecule has 25 heavy (non-hydrogen) atoms. The van der Waals surface area contributed by atoms with Gasteiger partial charge < -0.3 is 14.8 Å². The van der Waals surface area contributed by atoms with E-state index in [2.05, 4.69) is 5.32 Å². The molecular weight excluding hydrogens is 314 g/mol. The van der Waals surface area contributed by atoms with E-state index in [4.69, 9.17) is 9.47 Å². The molecular formula is C21H21NO3. The van der Waals surface area contributed by atoms with Gasteiger partial charge in [0, 0.05) is 5.56 Å². The third kappa shape index (κ3) is 3.43. The van der Waals surface area contributed by atoms with Crippen LogP contribution in [0.15, 0.2) is 60.7 Å². The first-order valence-electron chi connectivity index (χ1n) is 8.14. The SMILES string of the molecule is COc1cc2ccccc2cc1C(=O)N[C@H](C)c1ccccc1OC. The Balaban J connectivity index is 1.91. The Morgan fingerprint density at radius 1 is 0.880 bits per heavy atom. The number of methoxy groups -OCH3 is 2. The molecule has 1 N–H and O–H groups in total. The van der Waals surface area contributed by atoms with Crippen LogP contribution in [0, 0.1) is 0 Å². The van der Waals surface area contributed by atoms with E-state index in [0.29, 0.717) is 11.3 Å². The van der Waals surface area contributed by atoms with Gasteiger partial charge in [-0.15, -0.1) is 0 Å². The maximum Gasteiger partial charge on any atom is 0.255 e. The Kier molecular flexibility index (Phi) is 4.89. The van der Waals surface area contributed by atoms with Gasteiger partial charge >= 0.3 is 0 Å². The van der Waals surface area contributed by atoms with E-state index in [9.17, 15) is 4.79 Å². The molecule has 3 rings (SSSR count). The van der Waals surface area contributed by atoms with Crippen molar-refractivity contribution in [2.45, 2.75) is 13.0 Å². The van der Waals surface area contributed by atoms with E-state index < -0.39 is 0 Å². The fraction of sp³-hybridized carbons (Fsp3) is 0.190. The molecule has 4 nitrogen and oxygen atoms in total. The van der Waals surface area contributed by atoms with Gasteiger partial charge in [-0.05, 0) is 35.9 Å². The molecule has 1 atom stereocenters. The second-order valence-corrected chi connectivity index (χ2v) is 5.84. The van der Waals surface area contributed by atoms with E-state index in [1.54, 1.807) is 14.2 Å². The molecule has 0 aromatic heterocycles. The van der Waals surface area contributed by atoms with Crippen LogP contribution in [0.2, 0.25) is 0 Å². The average molecular weight is 335 g/mol. The second-order valence-electron chi connectivity index (χ2n) is 5.84. The lowest BCUT2D eigenvalue weighted by atomic mass is 10.0. The number of benzene rings is 3. The van der Waals surface area contributed by atoms with Crippen LogP contribution < -0.4 is 14.8 Å². The van der Waals surface area contributed by atoms with Gasteiger partial charge in [0.25, 0.3) is 5.91 Å². The minimum atomic E-state index is -0.195. The number of carbonyl (C=O) groups is 1. The van der Waals surface area contributed by atoms with Gasteiger partial charge in [0.2, 0.25) is 0 Å². The van der Waals surface area contributed by atoms with Crippen molar-refractivity contribution in [3.8, 4) is 11.5 Å². The molecule has 0 bridgehead atoms. The van der Waals surface area contributed by atoms with Crippen molar-refractivity contribution in [2.24, 2.45) is 0 Å². The molecule has 0 radical (unpaired) electrons. The predicted molar refractivity (Wildman–Crippen MR) is 99.4 cm³/mol. The third-order valence-corrected chi connectivity index (χ3v) is 4.27. The number of carbonyl (C=O) groups excluding carboxylic acids is 1. The predicted octanol–water partition coefficient (Wildman–Crippen LogP) is 4.35. The summed E-state index contributed by atoms with van der Waals surface area (Å²) in [6.07, 6.45) is 0. The first-order chi connectivity index (χ1) is 12.1. The van der Waals surface area contributed by atoms with Crippen molar-refractivity contribution >= 4 is 16.7 Å². The van der Waals surface area contributed by atoms with Crippen LogP contribution in [-0.4, -0.2) is 20.1 Å². The fourth-order valence-electron chi connectivity index (χ4n) is 2.94. The minimum Gasteiger partial charge on any atom is -0.496 e. The number of ether oxygens (including phenoxy) is 2. The highest BCUT2D eigenvalue weighted by atomic mass is 16.5. The van der Waals surface area contributed by atoms with Crippen molar-refractivity contribution in [3.63, 3.8) is 0 Å². The zero-order valence-electron chi connectivity index (χ0n) is 14.6. The van der Waals surface area contributed by atoms with E-state index >= 15 is 0 Å². The smallest absolute Gasteiger partial charge is 0.255 e. The summed E-state index contributed by atoms with van der Waals surface area (Å²) in [5.41, 5.74) is 1.45. The summed E-state index contributed by atoms with van der Waals surface area (Å²) in [6.45, 7) is 1.93. The van der Waals surface area contributed by atoms with Crippen molar-refractivity contribution < 1.29 is 14.3 Å². The molecule has 128 valence electrons. The van der Waals surface area contributed by atoms with Crippen LogP contribution in [0.25, 0.3) is 10.8 Å². The quantitative estimate of drug-likeness (QED) is 0.754. The standard InChI is InChI=1S/C21H21NO3/c1-14(17-10-6-7-11-19(17)24-2)22-21(23)18-12-15-8-4-5-9-16(15)13-20(18)25-3/h4-14H,1-3H3,(H,22,23)/t14-/m1/s1.